The zero-order chi connectivity index (χ0) is 17.1. The molecule has 132 valence electrons. The minimum Gasteiger partial charge on any atom is -0.481 e. The van der Waals surface area contributed by atoms with E-state index in [0.717, 1.165) is 37.5 Å². The van der Waals surface area contributed by atoms with Gasteiger partial charge < -0.3 is 14.7 Å². The number of hydrogen-bond acceptors (Lipinski definition) is 4. The van der Waals surface area contributed by atoms with Gasteiger partial charge in [0, 0.05) is 38.3 Å². The molecule has 1 saturated carbocycles. The van der Waals surface area contributed by atoms with E-state index < -0.39 is 11.6 Å². The van der Waals surface area contributed by atoms with E-state index in [1.54, 1.807) is 4.90 Å². The highest BCUT2D eigenvalue weighted by atomic mass is 19.1. The Bertz CT molecular complexity index is 591. The van der Waals surface area contributed by atoms with Gasteiger partial charge in [-0.15, -0.1) is 0 Å². The van der Waals surface area contributed by atoms with Crippen molar-refractivity contribution in [3.63, 3.8) is 0 Å². The summed E-state index contributed by atoms with van der Waals surface area (Å²) in [5, 5.41) is 9.97. The molecule has 5 nitrogen and oxygen atoms in total. The van der Waals surface area contributed by atoms with E-state index >= 15 is 0 Å². The van der Waals surface area contributed by atoms with Gasteiger partial charge >= 0.3 is 0 Å². The SMILES string of the molecule is O=C(COc1cc(F)ccc1F)N1CCN([C@@H]2CCC[C@@H]2O)CC1. The zero-order valence-corrected chi connectivity index (χ0v) is 13.5. The lowest BCUT2D eigenvalue weighted by molar-refractivity contribution is -0.135. The number of hydrogen-bond donors (Lipinski definition) is 1. The van der Waals surface area contributed by atoms with Crippen molar-refractivity contribution >= 4 is 5.91 Å². The Balaban J connectivity index is 1.47. The topological polar surface area (TPSA) is 53.0 Å². The number of halogens is 2. The van der Waals surface area contributed by atoms with E-state index in [0.29, 0.717) is 26.2 Å². The summed E-state index contributed by atoms with van der Waals surface area (Å²) in [4.78, 5) is 16.1. The Labute approximate surface area is 139 Å². The molecule has 3 rings (SSSR count). The summed E-state index contributed by atoms with van der Waals surface area (Å²) in [5.74, 6) is -1.80. The van der Waals surface area contributed by atoms with Crippen LogP contribution in [0.15, 0.2) is 18.2 Å². The third-order valence-electron chi connectivity index (χ3n) is 4.82. The Kier molecular flexibility index (Phi) is 5.30. The van der Waals surface area contributed by atoms with Crippen LogP contribution < -0.4 is 4.74 Å². The summed E-state index contributed by atoms with van der Waals surface area (Å²) < 4.78 is 31.7. The van der Waals surface area contributed by atoms with Crippen molar-refractivity contribution in [3.05, 3.63) is 29.8 Å². The third-order valence-corrected chi connectivity index (χ3v) is 4.82. The van der Waals surface area contributed by atoms with E-state index in [1.165, 1.54) is 0 Å². The minimum absolute atomic E-state index is 0.194. The normalized spacial score (nSPS) is 25.0. The van der Waals surface area contributed by atoms with Crippen LogP contribution >= 0.6 is 0 Å². The highest BCUT2D eigenvalue weighted by Crippen LogP contribution is 2.25. The first kappa shape index (κ1) is 17.1. The highest BCUT2D eigenvalue weighted by molar-refractivity contribution is 5.77. The van der Waals surface area contributed by atoms with E-state index in [-0.39, 0.29) is 30.4 Å². The van der Waals surface area contributed by atoms with E-state index in [4.69, 9.17) is 4.74 Å². The summed E-state index contributed by atoms with van der Waals surface area (Å²) in [6.45, 7) is 2.21. The van der Waals surface area contributed by atoms with Crippen molar-refractivity contribution in [3.8, 4) is 5.75 Å². The second-order valence-corrected chi connectivity index (χ2v) is 6.35. The van der Waals surface area contributed by atoms with Crippen molar-refractivity contribution in [1.82, 2.24) is 9.80 Å². The summed E-state index contributed by atoms with van der Waals surface area (Å²) >= 11 is 0. The Hall–Kier alpha value is -1.73. The fourth-order valence-electron chi connectivity index (χ4n) is 3.47. The maximum atomic E-state index is 13.5. The van der Waals surface area contributed by atoms with Crippen LogP contribution in [0.1, 0.15) is 19.3 Å². The lowest BCUT2D eigenvalue weighted by Crippen LogP contribution is -2.54. The molecule has 0 radical (unpaired) electrons. The van der Waals surface area contributed by atoms with Crippen LogP contribution in [0.4, 0.5) is 8.78 Å². The van der Waals surface area contributed by atoms with Gasteiger partial charge in [-0.25, -0.2) is 8.78 Å². The average molecular weight is 340 g/mol. The standard InChI is InChI=1S/C17H22F2N2O3/c18-12-4-5-13(19)16(10-12)24-11-17(23)21-8-6-20(7-9-21)14-2-1-3-15(14)22/h4-5,10,14-15,22H,1-3,6-9,11H2/t14-,15+/m1/s1. The van der Waals surface area contributed by atoms with Crippen LogP contribution in [-0.2, 0) is 4.79 Å². The minimum atomic E-state index is -0.691. The molecule has 1 N–H and O–H groups in total. The molecule has 1 aromatic rings. The molecular weight excluding hydrogens is 318 g/mol. The summed E-state index contributed by atoms with van der Waals surface area (Å²) in [7, 11) is 0. The van der Waals surface area contributed by atoms with Crippen LogP contribution in [-0.4, -0.2) is 65.7 Å². The fraction of sp³-hybridized carbons (Fsp3) is 0.588. The van der Waals surface area contributed by atoms with E-state index in [2.05, 4.69) is 4.90 Å². The van der Waals surface area contributed by atoms with Gasteiger partial charge in [0.25, 0.3) is 5.91 Å². The Morgan fingerprint density at radius 1 is 1.21 bits per heavy atom. The molecule has 1 aliphatic heterocycles. The maximum Gasteiger partial charge on any atom is 0.260 e. The van der Waals surface area contributed by atoms with Crippen molar-refractivity contribution in [1.29, 1.82) is 0 Å². The van der Waals surface area contributed by atoms with Gasteiger partial charge in [0.15, 0.2) is 18.2 Å². The van der Waals surface area contributed by atoms with Gasteiger partial charge in [-0.3, -0.25) is 9.69 Å². The summed E-state index contributed by atoms with van der Waals surface area (Å²) in [5.41, 5.74) is 0. The lowest BCUT2D eigenvalue weighted by atomic mass is 10.1. The Morgan fingerprint density at radius 3 is 2.62 bits per heavy atom. The fourth-order valence-corrected chi connectivity index (χ4v) is 3.47. The molecule has 1 amide bonds. The van der Waals surface area contributed by atoms with Crippen molar-refractivity contribution < 1.29 is 23.4 Å². The molecule has 0 bridgehead atoms. The molecule has 2 atom stereocenters. The molecule has 0 spiro atoms. The van der Waals surface area contributed by atoms with Crippen LogP contribution in [0.2, 0.25) is 0 Å². The van der Waals surface area contributed by atoms with E-state index in [9.17, 15) is 18.7 Å². The van der Waals surface area contributed by atoms with Gasteiger partial charge in [-0.1, -0.05) is 0 Å². The second-order valence-electron chi connectivity index (χ2n) is 6.35. The largest absolute Gasteiger partial charge is 0.481 e. The second kappa shape index (κ2) is 7.44. The van der Waals surface area contributed by atoms with Gasteiger partial charge in [0.05, 0.1) is 6.10 Å². The molecule has 7 heteroatoms. The number of benzene rings is 1. The van der Waals surface area contributed by atoms with Gasteiger partial charge in [0.2, 0.25) is 0 Å². The van der Waals surface area contributed by atoms with Gasteiger partial charge in [0.1, 0.15) is 5.82 Å². The quantitative estimate of drug-likeness (QED) is 0.900. The first-order valence-electron chi connectivity index (χ1n) is 8.32. The van der Waals surface area contributed by atoms with Crippen LogP contribution in [0.3, 0.4) is 0 Å². The number of piperazine rings is 1. The molecular formula is C17H22F2N2O3. The molecule has 0 aromatic heterocycles. The lowest BCUT2D eigenvalue weighted by Gasteiger charge is -2.39. The number of ether oxygens (including phenoxy) is 1. The van der Waals surface area contributed by atoms with E-state index in [1.807, 2.05) is 0 Å². The number of rotatable bonds is 4. The number of carbonyl (C=O) groups is 1. The number of aliphatic hydroxyl groups excluding tert-OH is 1. The first-order valence-corrected chi connectivity index (χ1v) is 8.32. The van der Waals surface area contributed by atoms with Gasteiger partial charge in [-0.05, 0) is 31.4 Å². The number of amides is 1. The highest BCUT2D eigenvalue weighted by Gasteiger charge is 2.33. The van der Waals surface area contributed by atoms with Crippen LogP contribution in [0, 0.1) is 11.6 Å². The molecule has 1 heterocycles. The van der Waals surface area contributed by atoms with Crippen LogP contribution in [0.25, 0.3) is 0 Å². The smallest absolute Gasteiger partial charge is 0.260 e. The molecule has 2 aliphatic rings. The van der Waals surface area contributed by atoms with Gasteiger partial charge in [-0.2, -0.15) is 0 Å². The predicted molar refractivity (Wildman–Crippen MR) is 83.7 cm³/mol. The monoisotopic (exact) mass is 340 g/mol. The molecule has 0 unspecified atom stereocenters. The number of carbonyl (C=O) groups excluding carboxylic acids is 1. The molecule has 1 aliphatic carbocycles. The predicted octanol–water partition coefficient (Wildman–Crippen LogP) is 1.40. The van der Waals surface area contributed by atoms with Crippen molar-refractivity contribution in [2.24, 2.45) is 0 Å². The van der Waals surface area contributed by atoms with Crippen molar-refractivity contribution in [2.75, 3.05) is 32.8 Å². The molecule has 1 saturated heterocycles. The summed E-state index contributed by atoms with van der Waals surface area (Å²) in [6.07, 6.45) is 2.61. The van der Waals surface area contributed by atoms with Crippen LogP contribution in [0.5, 0.6) is 5.75 Å². The number of nitrogens with zero attached hydrogens (tertiary/aromatic N) is 2. The average Bonchev–Trinajstić information content (AvgIpc) is 3.01. The molecule has 2 fully saturated rings. The Morgan fingerprint density at radius 2 is 1.96 bits per heavy atom. The summed E-state index contributed by atoms with van der Waals surface area (Å²) in [6, 6.07) is 3.10. The molecule has 1 aromatic carbocycles. The maximum absolute atomic E-state index is 13.5. The first-order chi connectivity index (χ1) is 11.5. The van der Waals surface area contributed by atoms with Crippen molar-refractivity contribution in [2.45, 2.75) is 31.4 Å². The third kappa shape index (κ3) is 3.84. The zero-order valence-electron chi connectivity index (χ0n) is 13.5. The molecule has 24 heavy (non-hydrogen) atoms. The number of aliphatic hydroxyl groups is 1.